The third-order valence-electron chi connectivity index (χ3n) is 5.28. The maximum Gasteiger partial charge on any atom is 0.273 e. The molecule has 0 saturated carbocycles. The molecule has 33 heavy (non-hydrogen) atoms. The van der Waals surface area contributed by atoms with Crippen LogP contribution in [0.3, 0.4) is 0 Å². The molecule has 1 aliphatic heterocycles. The summed E-state index contributed by atoms with van der Waals surface area (Å²) in [7, 11) is 0. The van der Waals surface area contributed by atoms with E-state index in [1.807, 2.05) is 30.3 Å². The van der Waals surface area contributed by atoms with E-state index in [0.29, 0.717) is 31.9 Å². The van der Waals surface area contributed by atoms with Crippen molar-refractivity contribution >= 4 is 29.3 Å². The number of carbonyl (C=O) groups is 3. The predicted molar refractivity (Wildman–Crippen MR) is 118 cm³/mol. The Hall–Kier alpha value is -3.72. The summed E-state index contributed by atoms with van der Waals surface area (Å²) in [4.78, 5) is 40.6. The molecule has 0 radical (unpaired) electrons. The lowest BCUT2D eigenvalue weighted by Gasteiger charge is -2.35. The average molecular weight is 471 g/mol. The van der Waals surface area contributed by atoms with E-state index in [4.69, 9.17) is 16.1 Å². The van der Waals surface area contributed by atoms with E-state index in [-0.39, 0.29) is 34.6 Å². The fourth-order valence-corrected chi connectivity index (χ4v) is 3.72. The molecule has 1 fully saturated rings. The summed E-state index contributed by atoms with van der Waals surface area (Å²) in [5, 5.41) is 6.36. The second-order valence-corrected chi connectivity index (χ2v) is 7.83. The molecule has 3 amide bonds. The smallest absolute Gasteiger partial charge is 0.273 e. The van der Waals surface area contributed by atoms with Crippen LogP contribution in [0.15, 0.2) is 59.1 Å². The van der Waals surface area contributed by atoms with Gasteiger partial charge in [-0.15, -0.1) is 0 Å². The van der Waals surface area contributed by atoms with Gasteiger partial charge in [0.1, 0.15) is 5.82 Å². The van der Waals surface area contributed by atoms with E-state index in [0.717, 1.165) is 11.6 Å². The predicted octanol–water partition coefficient (Wildman–Crippen LogP) is 2.85. The van der Waals surface area contributed by atoms with E-state index in [1.165, 1.54) is 18.2 Å². The lowest BCUT2D eigenvalue weighted by atomic mass is 10.1. The highest BCUT2D eigenvalue weighted by atomic mass is 35.5. The Morgan fingerprint density at radius 2 is 1.70 bits per heavy atom. The van der Waals surface area contributed by atoms with Crippen molar-refractivity contribution in [2.75, 3.05) is 32.7 Å². The van der Waals surface area contributed by atoms with Crippen LogP contribution in [0.1, 0.15) is 20.8 Å². The lowest BCUT2D eigenvalue weighted by molar-refractivity contribution is -0.131. The quantitative estimate of drug-likeness (QED) is 0.618. The van der Waals surface area contributed by atoms with Crippen LogP contribution in [-0.4, -0.2) is 65.4 Å². The van der Waals surface area contributed by atoms with Gasteiger partial charge in [0.05, 0.1) is 17.1 Å². The highest BCUT2D eigenvalue weighted by Crippen LogP contribution is 2.21. The van der Waals surface area contributed by atoms with Gasteiger partial charge in [0.15, 0.2) is 11.5 Å². The first-order valence-corrected chi connectivity index (χ1v) is 10.6. The maximum absolute atomic E-state index is 13.2. The van der Waals surface area contributed by atoms with Crippen LogP contribution in [0.4, 0.5) is 4.39 Å². The summed E-state index contributed by atoms with van der Waals surface area (Å²) in [5.41, 5.74) is 1.08. The Bertz CT molecular complexity index is 1180. The van der Waals surface area contributed by atoms with Crippen LogP contribution in [0.2, 0.25) is 5.02 Å². The minimum absolute atomic E-state index is 0.0458. The van der Waals surface area contributed by atoms with Gasteiger partial charge in [0, 0.05) is 37.8 Å². The number of hydrogen-bond acceptors (Lipinski definition) is 5. The molecule has 3 aromatic rings. The first-order valence-electron chi connectivity index (χ1n) is 10.2. The first kappa shape index (κ1) is 22.5. The van der Waals surface area contributed by atoms with E-state index in [9.17, 15) is 18.8 Å². The van der Waals surface area contributed by atoms with Crippen molar-refractivity contribution in [1.29, 1.82) is 0 Å². The van der Waals surface area contributed by atoms with Crippen LogP contribution in [0, 0.1) is 5.82 Å². The molecule has 8 nitrogen and oxygen atoms in total. The number of halogens is 2. The molecule has 0 aliphatic carbocycles. The van der Waals surface area contributed by atoms with Gasteiger partial charge < -0.3 is 19.6 Å². The number of amides is 3. The van der Waals surface area contributed by atoms with Gasteiger partial charge in [-0.05, 0) is 18.2 Å². The number of nitrogens with zero attached hydrogens (tertiary/aromatic N) is 3. The van der Waals surface area contributed by atoms with Crippen LogP contribution < -0.4 is 5.32 Å². The molecule has 0 unspecified atom stereocenters. The molecule has 1 aliphatic rings. The first-order chi connectivity index (χ1) is 15.9. The fourth-order valence-electron chi connectivity index (χ4n) is 3.47. The van der Waals surface area contributed by atoms with Crippen LogP contribution in [0.25, 0.3) is 11.3 Å². The van der Waals surface area contributed by atoms with Crippen molar-refractivity contribution in [2.45, 2.75) is 0 Å². The van der Waals surface area contributed by atoms with Crippen molar-refractivity contribution in [3.8, 4) is 11.3 Å². The normalized spacial score (nSPS) is 13.6. The van der Waals surface area contributed by atoms with Gasteiger partial charge >= 0.3 is 0 Å². The summed E-state index contributed by atoms with van der Waals surface area (Å²) in [6, 6.07) is 14.4. The lowest BCUT2D eigenvalue weighted by Crippen LogP contribution is -2.52. The average Bonchev–Trinajstić information content (AvgIpc) is 3.33. The Labute approximate surface area is 193 Å². The number of benzene rings is 2. The van der Waals surface area contributed by atoms with E-state index >= 15 is 0 Å². The molecule has 2 aromatic carbocycles. The number of hydrogen-bond donors (Lipinski definition) is 1. The minimum atomic E-state index is -0.519. The number of rotatable bonds is 5. The molecule has 4 rings (SSSR count). The number of piperazine rings is 1. The zero-order valence-electron chi connectivity index (χ0n) is 17.5. The zero-order chi connectivity index (χ0) is 23.4. The van der Waals surface area contributed by atoms with Crippen molar-refractivity contribution in [1.82, 2.24) is 20.3 Å². The topological polar surface area (TPSA) is 95.8 Å². The van der Waals surface area contributed by atoms with Gasteiger partial charge in [-0.3, -0.25) is 14.4 Å². The van der Waals surface area contributed by atoms with Gasteiger partial charge in [-0.1, -0.05) is 47.1 Å². The molecule has 1 aromatic heterocycles. The summed E-state index contributed by atoms with van der Waals surface area (Å²) in [6.07, 6.45) is 0. The Kier molecular flexibility index (Phi) is 6.69. The third-order valence-corrected chi connectivity index (χ3v) is 5.60. The second-order valence-electron chi connectivity index (χ2n) is 7.42. The van der Waals surface area contributed by atoms with Crippen molar-refractivity contribution < 1.29 is 23.3 Å². The fraction of sp³-hybridized carbons (Fsp3) is 0.217. The van der Waals surface area contributed by atoms with Gasteiger partial charge in [0.25, 0.3) is 11.8 Å². The second kappa shape index (κ2) is 9.83. The molecule has 0 spiro atoms. The monoisotopic (exact) mass is 470 g/mol. The molecule has 1 saturated heterocycles. The van der Waals surface area contributed by atoms with Crippen LogP contribution >= 0.6 is 11.6 Å². The molecule has 10 heteroatoms. The zero-order valence-corrected chi connectivity index (χ0v) is 18.2. The minimum Gasteiger partial charge on any atom is -0.355 e. The van der Waals surface area contributed by atoms with E-state index < -0.39 is 11.7 Å². The number of nitrogens with one attached hydrogen (secondary N) is 1. The molecule has 2 heterocycles. The molecule has 1 N–H and O–H groups in total. The molecule has 170 valence electrons. The van der Waals surface area contributed by atoms with Gasteiger partial charge in [-0.25, -0.2) is 4.39 Å². The molecular formula is C23H20ClFN4O4. The van der Waals surface area contributed by atoms with Crippen molar-refractivity contribution in [3.05, 3.63) is 76.7 Å². The van der Waals surface area contributed by atoms with Crippen LogP contribution in [0.5, 0.6) is 0 Å². The Morgan fingerprint density at radius 1 is 1.00 bits per heavy atom. The number of carbonyl (C=O) groups excluding carboxylic acids is 3. The summed E-state index contributed by atoms with van der Waals surface area (Å²) >= 11 is 5.98. The highest BCUT2D eigenvalue weighted by molar-refractivity contribution is 6.33. The molecular weight excluding hydrogens is 451 g/mol. The Balaban J connectivity index is 1.27. The van der Waals surface area contributed by atoms with Crippen molar-refractivity contribution in [3.63, 3.8) is 0 Å². The summed E-state index contributed by atoms with van der Waals surface area (Å²) < 4.78 is 18.4. The highest BCUT2D eigenvalue weighted by Gasteiger charge is 2.26. The summed E-state index contributed by atoms with van der Waals surface area (Å²) in [5.74, 6) is -1.18. The van der Waals surface area contributed by atoms with Crippen LogP contribution in [-0.2, 0) is 4.79 Å². The van der Waals surface area contributed by atoms with E-state index in [2.05, 4.69) is 10.5 Å². The third kappa shape index (κ3) is 5.20. The largest absolute Gasteiger partial charge is 0.355 e. The standard InChI is InChI=1S/C23H20ClFN4O4/c24-18-12-16(25)6-7-17(18)23(32)29-10-8-28(9-11-29)21(30)14-26-22(31)19-13-20(33-27-19)15-4-2-1-3-5-15/h1-7,12-13H,8-11,14H2,(H,26,31). The van der Waals surface area contributed by atoms with Crippen molar-refractivity contribution in [2.24, 2.45) is 0 Å². The van der Waals surface area contributed by atoms with Gasteiger partial charge in [0.2, 0.25) is 5.91 Å². The number of aromatic nitrogens is 1. The van der Waals surface area contributed by atoms with Gasteiger partial charge in [-0.2, -0.15) is 0 Å². The molecule has 0 atom stereocenters. The molecule has 0 bridgehead atoms. The Morgan fingerprint density at radius 3 is 2.39 bits per heavy atom. The SMILES string of the molecule is O=C(NCC(=O)N1CCN(C(=O)c2ccc(F)cc2Cl)CC1)c1cc(-c2ccccc2)on1. The summed E-state index contributed by atoms with van der Waals surface area (Å²) in [6.45, 7) is 1.01. The van der Waals surface area contributed by atoms with E-state index in [1.54, 1.807) is 9.80 Å². The maximum atomic E-state index is 13.2.